The van der Waals surface area contributed by atoms with E-state index in [0.29, 0.717) is 18.9 Å². The van der Waals surface area contributed by atoms with Gasteiger partial charge in [-0.25, -0.2) is 0 Å². The van der Waals surface area contributed by atoms with Crippen molar-refractivity contribution in [3.63, 3.8) is 0 Å². The van der Waals surface area contributed by atoms with Gasteiger partial charge in [-0.2, -0.15) is 0 Å². The van der Waals surface area contributed by atoms with Crippen LogP contribution in [0.3, 0.4) is 0 Å². The highest BCUT2D eigenvalue weighted by Crippen LogP contribution is 2.15. The number of carbonyl (C=O) groups excluding carboxylic acids is 1. The lowest BCUT2D eigenvalue weighted by atomic mass is 10.1. The maximum absolute atomic E-state index is 11.8. The second-order valence-electron chi connectivity index (χ2n) is 5.02. The topological polar surface area (TPSA) is 55.1 Å². The van der Waals surface area contributed by atoms with Crippen molar-refractivity contribution in [3.8, 4) is 11.8 Å². The van der Waals surface area contributed by atoms with Crippen LogP contribution in [0.15, 0.2) is 18.2 Å². The smallest absolute Gasteiger partial charge is 0.224 e. The molecule has 0 bridgehead atoms. The summed E-state index contributed by atoms with van der Waals surface area (Å²) in [6, 6.07) is 5.75. The first-order chi connectivity index (χ1) is 9.02. The summed E-state index contributed by atoms with van der Waals surface area (Å²) in [5.74, 6) is 6.43. The fourth-order valence-electron chi connectivity index (χ4n) is 1.62. The molecular formula is C16H22N2O. The highest BCUT2D eigenvalue weighted by Gasteiger charge is 2.05. The zero-order valence-corrected chi connectivity index (χ0v) is 11.9. The van der Waals surface area contributed by atoms with E-state index in [0.717, 1.165) is 23.2 Å². The van der Waals surface area contributed by atoms with Crippen LogP contribution in [-0.4, -0.2) is 12.5 Å². The third-order valence-electron chi connectivity index (χ3n) is 2.80. The van der Waals surface area contributed by atoms with Crippen molar-refractivity contribution in [2.24, 2.45) is 11.7 Å². The van der Waals surface area contributed by atoms with E-state index in [1.165, 1.54) is 0 Å². The number of amides is 1. The van der Waals surface area contributed by atoms with Gasteiger partial charge in [0, 0.05) is 17.7 Å². The molecule has 3 nitrogen and oxygen atoms in total. The number of anilines is 1. The molecule has 19 heavy (non-hydrogen) atoms. The van der Waals surface area contributed by atoms with Crippen LogP contribution in [0, 0.1) is 24.7 Å². The predicted molar refractivity (Wildman–Crippen MR) is 79.8 cm³/mol. The van der Waals surface area contributed by atoms with Crippen LogP contribution in [0.5, 0.6) is 0 Å². The first kappa shape index (κ1) is 15.3. The number of nitrogens with two attached hydrogens (primary N) is 1. The van der Waals surface area contributed by atoms with Crippen molar-refractivity contribution in [1.29, 1.82) is 0 Å². The zero-order chi connectivity index (χ0) is 14.3. The molecule has 0 aliphatic rings. The second kappa shape index (κ2) is 7.60. The van der Waals surface area contributed by atoms with E-state index < -0.39 is 0 Å². The molecule has 3 heteroatoms. The van der Waals surface area contributed by atoms with E-state index in [1.54, 1.807) is 0 Å². The normalized spacial score (nSPS) is 9.95. The second-order valence-corrected chi connectivity index (χ2v) is 5.02. The molecule has 0 fully saturated rings. The Kier molecular flexibility index (Phi) is 6.11. The van der Waals surface area contributed by atoms with Crippen molar-refractivity contribution in [2.75, 3.05) is 11.9 Å². The Morgan fingerprint density at radius 1 is 1.42 bits per heavy atom. The molecule has 0 atom stereocenters. The van der Waals surface area contributed by atoms with Gasteiger partial charge in [0.1, 0.15) is 0 Å². The largest absolute Gasteiger partial charge is 0.326 e. The molecule has 0 aromatic heterocycles. The van der Waals surface area contributed by atoms with Crippen LogP contribution in [0.1, 0.15) is 37.8 Å². The molecule has 0 saturated heterocycles. The predicted octanol–water partition coefficient (Wildman–Crippen LogP) is 2.68. The Labute approximate surface area is 115 Å². The first-order valence-corrected chi connectivity index (χ1v) is 6.62. The van der Waals surface area contributed by atoms with Gasteiger partial charge in [-0.15, -0.1) is 0 Å². The van der Waals surface area contributed by atoms with E-state index in [-0.39, 0.29) is 5.91 Å². The Morgan fingerprint density at radius 2 is 2.16 bits per heavy atom. The lowest BCUT2D eigenvalue weighted by Gasteiger charge is -2.08. The van der Waals surface area contributed by atoms with Gasteiger partial charge in [0.2, 0.25) is 5.91 Å². The Morgan fingerprint density at radius 3 is 2.79 bits per heavy atom. The maximum atomic E-state index is 11.8. The average molecular weight is 258 g/mol. The van der Waals surface area contributed by atoms with Gasteiger partial charge in [-0.1, -0.05) is 31.8 Å². The molecule has 0 unspecified atom stereocenters. The highest BCUT2D eigenvalue weighted by atomic mass is 16.1. The molecule has 0 aliphatic carbocycles. The van der Waals surface area contributed by atoms with Gasteiger partial charge in [-0.3, -0.25) is 4.79 Å². The summed E-state index contributed by atoms with van der Waals surface area (Å²) in [6.45, 7) is 6.55. The quantitative estimate of drug-likeness (QED) is 0.816. The average Bonchev–Trinajstić information content (AvgIpc) is 2.37. The van der Waals surface area contributed by atoms with Crippen LogP contribution in [0.2, 0.25) is 0 Å². The number of aryl methyl sites for hydroxylation is 1. The Balaban J connectivity index is 2.71. The van der Waals surface area contributed by atoms with Crippen molar-refractivity contribution in [3.05, 3.63) is 29.3 Å². The molecule has 1 aromatic carbocycles. The van der Waals surface area contributed by atoms with Crippen molar-refractivity contribution < 1.29 is 4.79 Å². The van der Waals surface area contributed by atoms with Crippen LogP contribution in [0.4, 0.5) is 5.69 Å². The molecule has 0 radical (unpaired) electrons. The number of hydrogen-bond acceptors (Lipinski definition) is 2. The maximum Gasteiger partial charge on any atom is 0.224 e. The fourth-order valence-corrected chi connectivity index (χ4v) is 1.62. The summed E-state index contributed by atoms with van der Waals surface area (Å²) >= 11 is 0. The molecular weight excluding hydrogens is 236 g/mol. The summed E-state index contributed by atoms with van der Waals surface area (Å²) in [5.41, 5.74) is 8.16. The van der Waals surface area contributed by atoms with Gasteiger partial charge in [0.25, 0.3) is 0 Å². The molecule has 1 rings (SSSR count). The molecule has 0 heterocycles. The van der Waals surface area contributed by atoms with E-state index in [2.05, 4.69) is 31.0 Å². The summed E-state index contributed by atoms with van der Waals surface area (Å²) in [4.78, 5) is 11.8. The summed E-state index contributed by atoms with van der Waals surface area (Å²) < 4.78 is 0. The van der Waals surface area contributed by atoms with Gasteiger partial charge >= 0.3 is 0 Å². The van der Waals surface area contributed by atoms with Crippen molar-refractivity contribution in [2.45, 2.75) is 33.6 Å². The molecule has 0 aliphatic heterocycles. The first-order valence-electron chi connectivity index (χ1n) is 6.62. The number of hydrogen-bond donors (Lipinski definition) is 2. The molecule has 1 amide bonds. The minimum atomic E-state index is 0.0512. The van der Waals surface area contributed by atoms with Crippen LogP contribution < -0.4 is 11.1 Å². The molecule has 0 saturated carbocycles. The van der Waals surface area contributed by atoms with Gasteiger partial charge < -0.3 is 11.1 Å². The van der Waals surface area contributed by atoms with E-state index >= 15 is 0 Å². The van der Waals surface area contributed by atoms with Crippen LogP contribution in [0.25, 0.3) is 0 Å². The summed E-state index contributed by atoms with van der Waals surface area (Å²) in [5, 5.41) is 2.90. The lowest BCUT2D eigenvalue weighted by molar-refractivity contribution is -0.116. The lowest BCUT2D eigenvalue weighted by Crippen LogP contribution is -2.12. The highest BCUT2D eigenvalue weighted by molar-refractivity contribution is 5.90. The molecule has 1 aromatic rings. The third kappa shape index (κ3) is 5.58. The summed E-state index contributed by atoms with van der Waals surface area (Å²) in [7, 11) is 0. The molecule has 102 valence electrons. The number of carbonyl (C=O) groups is 1. The Bertz CT molecular complexity index is 495. The number of benzene rings is 1. The summed E-state index contributed by atoms with van der Waals surface area (Å²) in [6.07, 6.45) is 1.45. The molecule has 0 spiro atoms. The van der Waals surface area contributed by atoms with E-state index in [4.69, 9.17) is 5.73 Å². The van der Waals surface area contributed by atoms with Gasteiger partial charge in [-0.05, 0) is 37.0 Å². The fraction of sp³-hybridized carbons (Fsp3) is 0.438. The van der Waals surface area contributed by atoms with Crippen molar-refractivity contribution >= 4 is 11.6 Å². The van der Waals surface area contributed by atoms with E-state index in [9.17, 15) is 4.79 Å². The standard InChI is InChI=1S/C16H22N2O/c1-12(2)6-9-16(19)18-15-8-7-13(3)14(11-15)5-4-10-17/h7-8,11-12H,6,9-10,17H2,1-3H3,(H,18,19). The van der Waals surface area contributed by atoms with Crippen molar-refractivity contribution in [1.82, 2.24) is 0 Å². The SMILES string of the molecule is Cc1ccc(NC(=O)CCC(C)C)cc1C#CCN. The number of rotatable bonds is 4. The monoisotopic (exact) mass is 258 g/mol. The minimum Gasteiger partial charge on any atom is -0.326 e. The number of nitrogens with one attached hydrogen (secondary N) is 1. The zero-order valence-electron chi connectivity index (χ0n) is 11.9. The third-order valence-corrected chi connectivity index (χ3v) is 2.80. The van der Waals surface area contributed by atoms with Gasteiger partial charge in [0.15, 0.2) is 0 Å². The van der Waals surface area contributed by atoms with E-state index in [1.807, 2.05) is 25.1 Å². The minimum absolute atomic E-state index is 0.0512. The van der Waals surface area contributed by atoms with Gasteiger partial charge in [0.05, 0.1) is 6.54 Å². The van der Waals surface area contributed by atoms with Crippen LogP contribution in [-0.2, 0) is 4.79 Å². The van der Waals surface area contributed by atoms with Crippen LogP contribution >= 0.6 is 0 Å². The molecule has 3 N–H and O–H groups in total. The Hall–Kier alpha value is -1.79.